The van der Waals surface area contributed by atoms with E-state index in [1.807, 2.05) is 0 Å². The van der Waals surface area contributed by atoms with Gasteiger partial charge >= 0.3 is 0 Å². The molecular formula is C16H35NO. The number of hydrogen-bond donors (Lipinski definition) is 2. The minimum absolute atomic E-state index is 0.331. The normalized spacial score (nSPS) is 12.8. The molecule has 0 aliphatic heterocycles. The third-order valence-corrected chi connectivity index (χ3v) is 3.75. The summed E-state index contributed by atoms with van der Waals surface area (Å²) in [4.78, 5) is 0. The van der Waals surface area contributed by atoms with Crippen LogP contribution in [-0.2, 0) is 0 Å². The lowest BCUT2D eigenvalue weighted by molar-refractivity contribution is 0.251. The van der Waals surface area contributed by atoms with Crippen LogP contribution in [0.25, 0.3) is 0 Å². The number of aliphatic hydroxyl groups is 1. The molecule has 0 amide bonds. The van der Waals surface area contributed by atoms with E-state index >= 15 is 0 Å². The van der Waals surface area contributed by atoms with Gasteiger partial charge in [-0.3, -0.25) is 0 Å². The van der Waals surface area contributed by atoms with Gasteiger partial charge in [0.25, 0.3) is 0 Å². The zero-order valence-corrected chi connectivity index (χ0v) is 12.7. The first-order valence-electron chi connectivity index (χ1n) is 8.16. The molecule has 1 unspecified atom stereocenters. The Morgan fingerprint density at radius 2 is 1.50 bits per heavy atom. The number of hydrogen-bond acceptors (Lipinski definition) is 2. The molecule has 2 heteroatoms. The van der Waals surface area contributed by atoms with Crippen LogP contribution in [0.5, 0.6) is 0 Å². The highest BCUT2D eigenvalue weighted by Crippen LogP contribution is 2.08. The summed E-state index contributed by atoms with van der Waals surface area (Å²) in [5.74, 6) is 0.657. The van der Waals surface area contributed by atoms with E-state index in [1.165, 1.54) is 57.8 Å². The summed E-state index contributed by atoms with van der Waals surface area (Å²) in [5, 5.41) is 12.4. The van der Waals surface area contributed by atoms with Crippen molar-refractivity contribution in [1.29, 1.82) is 0 Å². The number of rotatable bonds is 14. The molecular weight excluding hydrogens is 222 g/mol. The van der Waals surface area contributed by atoms with Crippen LogP contribution >= 0.6 is 0 Å². The molecule has 0 saturated carbocycles. The van der Waals surface area contributed by atoms with Crippen LogP contribution < -0.4 is 5.32 Å². The maximum Gasteiger partial charge on any atom is 0.0434 e. The molecule has 0 aromatic rings. The standard InChI is InChI=1S/C16H35NO/c1-3-5-6-7-8-9-10-11-13-17-15-16(4-2)12-14-18/h16-18H,3-15H2,1-2H3. The van der Waals surface area contributed by atoms with Gasteiger partial charge in [0, 0.05) is 6.61 Å². The summed E-state index contributed by atoms with van der Waals surface area (Å²) in [6.45, 7) is 7.03. The van der Waals surface area contributed by atoms with Gasteiger partial charge in [0.15, 0.2) is 0 Å². The van der Waals surface area contributed by atoms with Crippen molar-refractivity contribution in [3.05, 3.63) is 0 Å². The van der Waals surface area contributed by atoms with Crippen molar-refractivity contribution >= 4 is 0 Å². The van der Waals surface area contributed by atoms with Gasteiger partial charge in [-0.1, -0.05) is 65.2 Å². The van der Waals surface area contributed by atoms with E-state index in [-0.39, 0.29) is 0 Å². The Morgan fingerprint density at radius 3 is 2.06 bits per heavy atom. The van der Waals surface area contributed by atoms with Crippen LogP contribution in [-0.4, -0.2) is 24.8 Å². The third kappa shape index (κ3) is 12.4. The third-order valence-electron chi connectivity index (χ3n) is 3.75. The molecule has 0 fully saturated rings. The summed E-state index contributed by atoms with van der Waals surface area (Å²) in [6.07, 6.45) is 13.2. The number of unbranched alkanes of at least 4 members (excludes halogenated alkanes) is 7. The second kappa shape index (κ2) is 15.0. The van der Waals surface area contributed by atoms with Crippen molar-refractivity contribution in [2.45, 2.75) is 78.1 Å². The smallest absolute Gasteiger partial charge is 0.0434 e. The van der Waals surface area contributed by atoms with Crippen molar-refractivity contribution in [2.75, 3.05) is 19.7 Å². The summed E-state index contributed by atoms with van der Waals surface area (Å²) in [5.41, 5.74) is 0. The molecule has 18 heavy (non-hydrogen) atoms. The molecule has 110 valence electrons. The molecule has 0 aromatic carbocycles. The van der Waals surface area contributed by atoms with E-state index < -0.39 is 0 Å². The minimum atomic E-state index is 0.331. The maximum absolute atomic E-state index is 8.90. The molecule has 0 bridgehead atoms. The van der Waals surface area contributed by atoms with Gasteiger partial charge in [0.05, 0.1) is 0 Å². The molecule has 1 atom stereocenters. The fourth-order valence-corrected chi connectivity index (χ4v) is 2.32. The Morgan fingerprint density at radius 1 is 0.889 bits per heavy atom. The van der Waals surface area contributed by atoms with Crippen LogP contribution in [0.2, 0.25) is 0 Å². The van der Waals surface area contributed by atoms with Gasteiger partial charge in [-0.15, -0.1) is 0 Å². The van der Waals surface area contributed by atoms with Gasteiger partial charge in [-0.05, 0) is 31.8 Å². The van der Waals surface area contributed by atoms with Crippen LogP contribution in [0.3, 0.4) is 0 Å². The van der Waals surface area contributed by atoms with Gasteiger partial charge in [0.2, 0.25) is 0 Å². The van der Waals surface area contributed by atoms with Crippen molar-refractivity contribution in [3.63, 3.8) is 0 Å². The second-order valence-electron chi connectivity index (χ2n) is 5.47. The molecule has 0 rings (SSSR count). The number of nitrogens with one attached hydrogen (secondary N) is 1. The molecule has 2 nitrogen and oxygen atoms in total. The Labute approximate surface area is 115 Å². The van der Waals surface area contributed by atoms with Gasteiger partial charge in [0.1, 0.15) is 0 Å². The Hall–Kier alpha value is -0.0800. The highest BCUT2D eigenvalue weighted by molar-refractivity contribution is 4.60. The van der Waals surface area contributed by atoms with E-state index in [1.54, 1.807) is 0 Å². The number of aliphatic hydroxyl groups excluding tert-OH is 1. The van der Waals surface area contributed by atoms with Crippen molar-refractivity contribution in [1.82, 2.24) is 5.32 Å². The van der Waals surface area contributed by atoms with E-state index in [0.29, 0.717) is 12.5 Å². The van der Waals surface area contributed by atoms with Crippen LogP contribution in [0.4, 0.5) is 0 Å². The first-order chi connectivity index (χ1) is 8.85. The van der Waals surface area contributed by atoms with Crippen molar-refractivity contribution in [2.24, 2.45) is 5.92 Å². The van der Waals surface area contributed by atoms with Crippen LogP contribution in [0, 0.1) is 5.92 Å². The molecule has 0 radical (unpaired) electrons. The molecule has 0 aromatic heterocycles. The SMILES string of the molecule is CCCCCCCCCCNCC(CC)CCO. The van der Waals surface area contributed by atoms with Crippen molar-refractivity contribution in [3.8, 4) is 0 Å². The lowest BCUT2D eigenvalue weighted by atomic mass is 10.0. The van der Waals surface area contributed by atoms with E-state index in [2.05, 4.69) is 19.2 Å². The van der Waals surface area contributed by atoms with Crippen LogP contribution in [0.1, 0.15) is 78.1 Å². The van der Waals surface area contributed by atoms with E-state index in [4.69, 9.17) is 5.11 Å². The Bertz CT molecular complexity index is 150. The fourth-order valence-electron chi connectivity index (χ4n) is 2.32. The summed E-state index contributed by atoms with van der Waals surface area (Å²) in [7, 11) is 0. The quantitative estimate of drug-likeness (QED) is 0.459. The Balaban J connectivity index is 3.10. The first kappa shape index (κ1) is 17.9. The van der Waals surface area contributed by atoms with Gasteiger partial charge in [-0.25, -0.2) is 0 Å². The highest BCUT2D eigenvalue weighted by Gasteiger charge is 2.03. The minimum Gasteiger partial charge on any atom is -0.396 e. The Kier molecular flexibility index (Phi) is 14.9. The maximum atomic E-state index is 8.90. The lowest BCUT2D eigenvalue weighted by Gasteiger charge is -2.14. The average molecular weight is 257 g/mol. The molecule has 0 heterocycles. The summed E-state index contributed by atoms with van der Waals surface area (Å²) in [6, 6.07) is 0. The van der Waals surface area contributed by atoms with Crippen LogP contribution in [0.15, 0.2) is 0 Å². The fraction of sp³-hybridized carbons (Fsp3) is 1.00. The zero-order valence-electron chi connectivity index (χ0n) is 12.7. The summed E-state index contributed by atoms with van der Waals surface area (Å²) < 4.78 is 0. The second-order valence-corrected chi connectivity index (χ2v) is 5.47. The molecule has 0 saturated heterocycles. The lowest BCUT2D eigenvalue weighted by Crippen LogP contribution is -2.24. The largest absolute Gasteiger partial charge is 0.396 e. The zero-order chi connectivity index (χ0) is 13.5. The topological polar surface area (TPSA) is 32.3 Å². The predicted molar refractivity (Wildman–Crippen MR) is 81.0 cm³/mol. The van der Waals surface area contributed by atoms with Gasteiger partial charge in [-0.2, -0.15) is 0 Å². The van der Waals surface area contributed by atoms with Gasteiger partial charge < -0.3 is 10.4 Å². The molecule has 0 aliphatic carbocycles. The average Bonchev–Trinajstić information content (AvgIpc) is 2.39. The van der Waals surface area contributed by atoms with E-state index in [0.717, 1.165) is 19.5 Å². The molecule has 2 N–H and O–H groups in total. The molecule has 0 aliphatic rings. The molecule has 0 spiro atoms. The first-order valence-corrected chi connectivity index (χ1v) is 8.16. The van der Waals surface area contributed by atoms with E-state index in [9.17, 15) is 0 Å². The monoisotopic (exact) mass is 257 g/mol. The van der Waals surface area contributed by atoms with Crippen molar-refractivity contribution < 1.29 is 5.11 Å². The summed E-state index contributed by atoms with van der Waals surface area (Å²) >= 11 is 0. The highest BCUT2D eigenvalue weighted by atomic mass is 16.3. The predicted octanol–water partition coefficient (Wildman–Crippen LogP) is 4.13.